The van der Waals surface area contributed by atoms with E-state index in [2.05, 4.69) is 12.1 Å². The van der Waals surface area contributed by atoms with Gasteiger partial charge in [0, 0.05) is 32.7 Å². The van der Waals surface area contributed by atoms with Gasteiger partial charge < -0.3 is 8.83 Å². The maximum absolute atomic E-state index is 10.8. The van der Waals surface area contributed by atoms with E-state index in [-0.39, 0.29) is 0 Å². The van der Waals surface area contributed by atoms with Crippen LogP contribution in [0.15, 0.2) is 130 Å². The average Bonchev–Trinajstić information content (AvgIpc) is 3.62. The minimum absolute atomic E-state index is 0.545. The second-order valence-electron chi connectivity index (χ2n) is 10.3. The molecular weight excluding hydrogens is 516 g/mol. The van der Waals surface area contributed by atoms with Crippen LogP contribution in [0.2, 0.25) is 0 Å². The van der Waals surface area contributed by atoms with E-state index in [0.717, 1.165) is 77.3 Å². The Morgan fingerprint density at radius 3 is 1.45 bits per heavy atom. The predicted octanol–water partition coefficient (Wildman–Crippen LogP) is 10.2. The van der Waals surface area contributed by atoms with Gasteiger partial charge in [-0.25, -0.2) is 0 Å². The molecule has 0 N–H and O–H groups in total. The van der Waals surface area contributed by atoms with Crippen LogP contribution in [0.1, 0.15) is 11.1 Å². The van der Waals surface area contributed by atoms with E-state index in [4.69, 9.17) is 8.83 Å². The Morgan fingerprint density at radius 1 is 0.429 bits per heavy atom. The molecule has 0 spiro atoms. The van der Waals surface area contributed by atoms with Crippen molar-refractivity contribution in [3.05, 3.63) is 132 Å². The number of hydrogen-bond donors (Lipinski definition) is 0. The first-order valence-electron chi connectivity index (χ1n) is 13.6. The van der Waals surface area contributed by atoms with Crippen LogP contribution in [0.25, 0.3) is 77.3 Å². The Balaban J connectivity index is 1.54. The van der Waals surface area contributed by atoms with E-state index in [9.17, 15) is 10.5 Å². The molecule has 0 aliphatic heterocycles. The highest BCUT2D eigenvalue weighted by atomic mass is 16.3. The Morgan fingerprint density at radius 2 is 0.905 bits per heavy atom. The van der Waals surface area contributed by atoms with Crippen LogP contribution in [0.3, 0.4) is 0 Å². The standard InChI is InChI=1S/C38H20N2O2/c39-21-23-9-1-2-10-25(23)24-19-30(26-13-7-17-35-37(26)28-11-3-5-15-33(28)41-35)32(22-40)31(20-24)27-14-8-18-36-38(27)29-12-4-6-16-34(29)42-36/h1-20H. The maximum atomic E-state index is 10.8. The number of benzene rings is 6. The SMILES string of the molecule is N#Cc1ccccc1-c1cc(-c2cccc3oc4ccccc4c23)c(C#N)c(-c2cccc3oc4ccccc4c23)c1. The zero-order chi connectivity index (χ0) is 28.2. The summed E-state index contributed by atoms with van der Waals surface area (Å²) < 4.78 is 12.4. The van der Waals surface area contributed by atoms with Crippen molar-refractivity contribution in [2.45, 2.75) is 0 Å². The molecule has 0 unspecified atom stereocenters. The van der Waals surface area contributed by atoms with Crippen LogP contribution in [0.5, 0.6) is 0 Å². The maximum Gasteiger partial charge on any atom is 0.136 e. The fourth-order valence-electron chi connectivity index (χ4n) is 6.17. The van der Waals surface area contributed by atoms with Crippen LogP contribution in [-0.2, 0) is 0 Å². The Bertz CT molecular complexity index is 2310. The number of nitriles is 2. The minimum Gasteiger partial charge on any atom is -0.456 e. The highest BCUT2D eigenvalue weighted by Crippen LogP contribution is 2.45. The largest absolute Gasteiger partial charge is 0.456 e. The fourth-order valence-corrected chi connectivity index (χ4v) is 6.17. The molecule has 0 amide bonds. The monoisotopic (exact) mass is 536 g/mol. The summed E-state index contributed by atoms with van der Waals surface area (Å²) in [6.07, 6.45) is 0. The zero-order valence-electron chi connectivity index (χ0n) is 22.3. The van der Waals surface area contributed by atoms with Gasteiger partial charge in [-0.05, 0) is 64.7 Å². The highest BCUT2D eigenvalue weighted by molar-refractivity contribution is 6.16. The highest BCUT2D eigenvalue weighted by Gasteiger charge is 2.22. The van der Waals surface area contributed by atoms with Crippen LogP contribution >= 0.6 is 0 Å². The summed E-state index contributed by atoms with van der Waals surface area (Å²) in [4.78, 5) is 0. The van der Waals surface area contributed by atoms with Gasteiger partial charge in [0.1, 0.15) is 28.4 Å². The summed E-state index contributed by atoms with van der Waals surface area (Å²) in [7, 11) is 0. The molecule has 6 aromatic carbocycles. The lowest BCUT2D eigenvalue weighted by molar-refractivity contribution is 0.668. The number of furan rings is 2. The minimum atomic E-state index is 0.545. The number of hydrogen-bond acceptors (Lipinski definition) is 4. The van der Waals surface area contributed by atoms with Gasteiger partial charge in [0.05, 0.1) is 17.2 Å². The molecular formula is C38H20N2O2. The van der Waals surface area contributed by atoms with Crippen molar-refractivity contribution in [1.29, 1.82) is 10.5 Å². The van der Waals surface area contributed by atoms with E-state index >= 15 is 0 Å². The fraction of sp³-hybridized carbons (Fsp3) is 0. The zero-order valence-corrected chi connectivity index (χ0v) is 22.3. The number of para-hydroxylation sites is 2. The van der Waals surface area contributed by atoms with Gasteiger partial charge >= 0.3 is 0 Å². The van der Waals surface area contributed by atoms with Crippen LogP contribution in [-0.4, -0.2) is 0 Å². The van der Waals surface area contributed by atoms with Gasteiger partial charge in [-0.15, -0.1) is 0 Å². The van der Waals surface area contributed by atoms with E-state index < -0.39 is 0 Å². The molecule has 8 rings (SSSR count). The van der Waals surface area contributed by atoms with Crippen LogP contribution in [0.4, 0.5) is 0 Å². The summed E-state index contributed by atoms with van der Waals surface area (Å²) in [6.45, 7) is 0. The second-order valence-corrected chi connectivity index (χ2v) is 10.3. The van der Waals surface area contributed by atoms with Gasteiger partial charge in [-0.2, -0.15) is 10.5 Å². The summed E-state index contributed by atoms with van der Waals surface area (Å²) >= 11 is 0. The number of rotatable bonds is 3. The van der Waals surface area contributed by atoms with E-state index in [1.54, 1.807) is 0 Å². The molecule has 0 radical (unpaired) electrons. The first-order chi connectivity index (χ1) is 20.7. The third kappa shape index (κ3) is 3.47. The molecule has 0 saturated heterocycles. The smallest absolute Gasteiger partial charge is 0.136 e. The third-order valence-corrected chi connectivity index (χ3v) is 7.99. The normalized spacial score (nSPS) is 11.3. The predicted molar refractivity (Wildman–Crippen MR) is 167 cm³/mol. The first kappa shape index (κ1) is 23.8. The van der Waals surface area contributed by atoms with Crippen molar-refractivity contribution in [2.24, 2.45) is 0 Å². The van der Waals surface area contributed by atoms with Gasteiger partial charge in [-0.3, -0.25) is 0 Å². The number of fused-ring (bicyclic) bond motifs is 6. The van der Waals surface area contributed by atoms with Crippen molar-refractivity contribution >= 4 is 43.9 Å². The molecule has 4 nitrogen and oxygen atoms in total. The van der Waals surface area contributed by atoms with Crippen LogP contribution in [0, 0.1) is 22.7 Å². The molecule has 0 fully saturated rings. The van der Waals surface area contributed by atoms with Gasteiger partial charge in [0.25, 0.3) is 0 Å². The summed E-state index contributed by atoms with van der Waals surface area (Å²) in [6, 6.07) is 44.4. The molecule has 0 saturated carbocycles. The summed E-state index contributed by atoms with van der Waals surface area (Å²) in [5.41, 5.74) is 9.22. The van der Waals surface area contributed by atoms with Crippen molar-refractivity contribution in [3.63, 3.8) is 0 Å². The van der Waals surface area contributed by atoms with E-state index in [0.29, 0.717) is 11.1 Å². The molecule has 8 aromatic rings. The van der Waals surface area contributed by atoms with Gasteiger partial charge in [-0.1, -0.05) is 78.9 Å². The van der Waals surface area contributed by atoms with Crippen LogP contribution < -0.4 is 0 Å². The molecule has 0 aliphatic rings. The lowest BCUT2D eigenvalue weighted by atomic mass is 9.85. The number of nitrogens with zero attached hydrogens (tertiary/aromatic N) is 2. The van der Waals surface area contributed by atoms with Gasteiger partial charge in [0.15, 0.2) is 0 Å². The quantitative estimate of drug-likeness (QED) is 0.225. The molecule has 194 valence electrons. The Kier molecular flexibility index (Phi) is 5.22. The van der Waals surface area contributed by atoms with E-state index in [1.807, 2.05) is 121 Å². The molecule has 42 heavy (non-hydrogen) atoms. The molecule has 0 aliphatic carbocycles. The van der Waals surface area contributed by atoms with Crippen molar-refractivity contribution < 1.29 is 8.83 Å². The molecule has 0 bridgehead atoms. The van der Waals surface area contributed by atoms with Gasteiger partial charge in [0.2, 0.25) is 0 Å². The van der Waals surface area contributed by atoms with Crippen molar-refractivity contribution in [2.75, 3.05) is 0 Å². The van der Waals surface area contributed by atoms with Crippen molar-refractivity contribution in [1.82, 2.24) is 0 Å². The average molecular weight is 537 g/mol. The molecule has 4 heteroatoms. The lowest BCUT2D eigenvalue weighted by Gasteiger charge is -2.16. The lowest BCUT2D eigenvalue weighted by Crippen LogP contribution is -1.95. The third-order valence-electron chi connectivity index (χ3n) is 7.99. The summed E-state index contributed by atoms with van der Waals surface area (Å²) in [5, 5.41) is 24.7. The Labute approximate surface area is 240 Å². The first-order valence-corrected chi connectivity index (χ1v) is 13.6. The topological polar surface area (TPSA) is 73.9 Å². The summed E-state index contributed by atoms with van der Waals surface area (Å²) in [5.74, 6) is 0. The molecule has 2 heterocycles. The second kappa shape index (κ2) is 9.24. The van der Waals surface area contributed by atoms with Crippen molar-refractivity contribution in [3.8, 4) is 45.5 Å². The molecule has 0 atom stereocenters. The molecule has 2 aromatic heterocycles. The van der Waals surface area contributed by atoms with E-state index in [1.165, 1.54) is 0 Å². The Hall–Kier alpha value is -6.10.